The van der Waals surface area contributed by atoms with E-state index in [-0.39, 0.29) is 30.9 Å². The van der Waals surface area contributed by atoms with E-state index < -0.39 is 11.7 Å². The van der Waals surface area contributed by atoms with Crippen LogP contribution in [0.4, 0.5) is 13.2 Å². The molecule has 0 aliphatic carbocycles. The normalized spacial score (nSPS) is 13.3. The molecule has 6 heteroatoms. The van der Waals surface area contributed by atoms with Crippen LogP contribution < -0.4 is 5.32 Å². The Labute approximate surface area is 115 Å². The topological polar surface area (TPSA) is 49.3 Å². The molecule has 0 heterocycles. The second-order valence-electron chi connectivity index (χ2n) is 4.97. The van der Waals surface area contributed by atoms with Crippen LogP contribution in [0.3, 0.4) is 0 Å². The maximum Gasteiger partial charge on any atom is 0.416 e. The van der Waals surface area contributed by atoms with Gasteiger partial charge in [-0.2, -0.15) is 13.2 Å². The van der Waals surface area contributed by atoms with Crippen molar-refractivity contribution in [2.75, 3.05) is 6.61 Å². The summed E-state index contributed by atoms with van der Waals surface area (Å²) >= 11 is 0. The highest BCUT2D eigenvalue weighted by Gasteiger charge is 2.30. The summed E-state index contributed by atoms with van der Waals surface area (Å²) in [5.74, 6) is -0.242. The fourth-order valence-corrected chi connectivity index (χ4v) is 1.68. The zero-order chi connectivity index (χ0) is 15.3. The Morgan fingerprint density at radius 3 is 2.20 bits per heavy atom. The molecule has 0 unspecified atom stereocenters. The molecule has 1 aromatic rings. The zero-order valence-corrected chi connectivity index (χ0v) is 11.4. The monoisotopic (exact) mass is 289 g/mol. The van der Waals surface area contributed by atoms with E-state index >= 15 is 0 Å². The van der Waals surface area contributed by atoms with Gasteiger partial charge in [0.1, 0.15) is 0 Å². The minimum atomic E-state index is -4.37. The Kier molecular flexibility index (Phi) is 5.56. The second-order valence-corrected chi connectivity index (χ2v) is 4.97. The van der Waals surface area contributed by atoms with Crippen LogP contribution in [-0.2, 0) is 17.4 Å². The lowest BCUT2D eigenvalue weighted by Gasteiger charge is -2.19. The summed E-state index contributed by atoms with van der Waals surface area (Å²) in [6, 6.07) is 4.12. The highest BCUT2D eigenvalue weighted by molar-refractivity contribution is 5.78. The number of rotatable bonds is 5. The number of hydrogen-bond acceptors (Lipinski definition) is 2. The molecule has 0 aliphatic rings. The number of halogens is 3. The number of hydrogen-bond donors (Lipinski definition) is 2. The van der Waals surface area contributed by atoms with Crippen molar-refractivity contribution in [3.05, 3.63) is 35.4 Å². The van der Waals surface area contributed by atoms with Gasteiger partial charge < -0.3 is 10.4 Å². The summed E-state index contributed by atoms with van der Waals surface area (Å²) in [6.07, 6.45) is -4.39. The summed E-state index contributed by atoms with van der Waals surface area (Å²) in [5, 5.41) is 11.7. The van der Waals surface area contributed by atoms with Crippen molar-refractivity contribution in [3.63, 3.8) is 0 Å². The lowest BCUT2D eigenvalue weighted by atomic mass is 10.0. The third-order valence-electron chi connectivity index (χ3n) is 2.99. The molecule has 3 nitrogen and oxygen atoms in total. The highest BCUT2D eigenvalue weighted by atomic mass is 19.4. The minimum absolute atomic E-state index is 0.0125. The number of amides is 1. The number of nitrogens with one attached hydrogen (secondary N) is 1. The molecule has 0 saturated carbocycles. The van der Waals surface area contributed by atoms with Crippen molar-refractivity contribution < 1.29 is 23.1 Å². The first kappa shape index (κ1) is 16.5. The van der Waals surface area contributed by atoms with E-state index in [1.165, 1.54) is 12.1 Å². The molecular weight excluding hydrogens is 271 g/mol. The zero-order valence-electron chi connectivity index (χ0n) is 11.4. The molecule has 0 aliphatic heterocycles. The molecule has 1 amide bonds. The van der Waals surface area contributed by atoms with E-state index in [1.807, 2.05) is 13.8 Å². The summed E-state index contributed by atoms with van der Waals surface area (Å²) < 4.78 is 37.1. The Hall–Kier alpha value is -1.56. The molecule has 1 rings (SSSR count). The number of aliphatic hydroxyl groups is 1. The number of carbonyl (C=O) groups excluding carboxylic acids is 1. The molecule has 0 radical (unpaired) electrons. The van der Waals surface area contributed by atoms with E-state index in [2.05, 4.69) is 5.32 Å². The fraction of sp³-hybridized carbons (Fsp3) is 0.500. The first-order valence-corrected chi connectivity index (χ1v) is 6.30. The van der Waals surface area contributed by atoms with E-state index in [1.54, 1.807) is 0 Å². The molecule has 0 aromatic heterocycles. The Morgan fingerprint density at radius 2 is 1.80 bits per heavy atom. The van der Waals surface area contributed by atoms with Gasteiger partial charge in [0, 0.05) is 0 Å². The van der Waals surface area contributed by atoms with Crippen molar-refractivity contribution in [2.24, 2.45) is 5.92 Å². The van der Waals surface area contributed by atoms with Gasteiger partial charge in [0.15, 0.2) is 0 Å². The summed E-state index contributed by atoms with van der Waals surface area (Å²) in [4.78, 5) is 11.7. The van der Waals surface area contributed by atoms with Gasteiger partial charge >= 0.3 is 6.18 Å². The first-order chi connectivity index (χ1) is 9.24. The quantitative estimate of drug-likeness (QED) is 0.874. The molecule has 2 N–H and O–H groups in total. The van der Waals surface area contributed by atoms with E-state index in [0.29, 0.717) is 5.56 Å². The molecule has 112 valence electrons. The van der Waals surface area contributed by atoms with Gasteiger partial charge in [-0.05, 0) is 23.6 Å². The van der Waals surface area contributed by atoms with Gasteiger partial charge in [-0.3, -0.25) is 4.79 Å². The maximum atomic E-state index is 12.4. The van der Waals surface area contributed by atoms with Crippen LogP contribution in [0.25, 0.3) is 0 Å². The largest absolute Gasteiger partial charge is 0.416 e. The van der Waals surface area contributed by atoms with Crippen LogP contribution in [0.15, 0.2) is 24.3 Å². The summed E-state index contributed by atoms with van der Waals surface area (Å²) in [6.45, 7) is 3.55. The fourth-order valence-electron chi connectivity index (χ4n) is 1.68. The lowest BCUT2D eigenvalue weighted by Crippen LogP contribution is -2.41. The predicted octanol–water partition coefficient (Wildman–Crippen LogP) is 2.38. The third-order valence-corrected chi connectivity index (χ3v) is 2.99. The van der Waals surface area contributed by atoms with Crippen LogP contribution in [0.2, 0.25) is 0 Å². The van der Waals surface area contributed by atoms with E-state index in [9.17, 15) is 18.0 Å². The van der Waals surface area contributed by atoms with E-state index in [4.69, 9.17) is 5.11 Å². The number of aliphatic hydroxyl groups excluding tert-OH is 1. The Bertz CT molecular complexity index is 441. The molecule has 20 heavy (non-hydrogen) atoms. The van der Waals surface area contributed by atoms with Gasteiger partial charge in [0.05, 0.1) is 24.6 Å². The molecule has 0 saturated heterocycles. The molecule has 1 atom stereocenters. The molecular formula is C14H18F3NO2. The van der Waals surface area contributed by atoms with Crippen LogP contribution in [0.1, 0.15) is 25.0 Å². The van der Waals surface area contributed by atoms with Crippen molar-refractivity contribution in [3.8, 4) is 0 Å². The van der Waals surface area contributed by atoms with Crippen LogP contribution in [0, 0.1) is 5.92 Å². The summed E-state index contributed by atoms with van der Waals surface area (Å²) in [7, 11) is 0. The smallest absolute Gasteiger partial charge is 0.394 e. The number of carbonyl (C=O) groups is 1. The average molecular weight is 289 g/mol. The lowest BCUT2D eigenvalue weighted by molar-refractivity contribution is -0.137. The Balaban J connectivity index is 2.63. The van der Waals surface area contributed by atoms with Crippen LogP contribution in [-0.4, -0.2) is 23.7 Å². The highest BCUT2D eigenvalue weighted by Crippen LogP contribution is 2.29. The van der Waals surface area contributed by atoms with Crippen molar-refractivity contribution >= 4 is 5.91 Å². The second kappa shape index (κ2) is 6.74. The first-order valence-electron chi connectivity index (χ1n) is 6.30. The average Bonchev–Trinajstić information content (AvgIpc) is 2.35. The van der Waals surface area contributed by atoms with Gasteiger partial charge in [-0.25, -0.2) is 0 Å². The third kappa shape index (κ3) is 4.85. The number of benzene rings is 1. The van der Waals surface area contributed by atoms with Gasteiger partial charge in [-0.1, -0.05) is 26.0 Å². The predicted molar refractivity (Wildman–Crippen MR) is 69.0 cm³/mol. The minimum Gasteiger partial charge on any atom is -0.394 e. The van der Waals surface area contributed by atoms with Crippen molar-refractivity contribution in [1.29, 1.82) is 0 Å². The van der Waals surface area contributed by atoms with E-state index in [0.717, 1.165) is 12.1 Å². The standard InChI is InChI=1S/C14H18F3NO2/c1-9(2)12(8-19)18-13(20)7-10-3-5-11(6-4-10)14(15,16)17/h3-6,9,12,19H,7-8H2,1-2H3,(H,18,20)/t12-/m1/s1. The molecule has 1 aromatic carbocycles. The summed E-state index contributed by atoms with van der Waals surface area (Å²) in [5.41, 5.74) is -0.243. The van der Waals surface area contributed by atoms with Crippen LogP contribution in [0.5, 0.6) is 0 Å². The van der Waals surface area contributed by atoms with Gasteiger partial charge in [-0.15, -0.1) is 0 Å². The molecule has 0 spiro atoms. The maximum absolute atomic E-state index is 12.4. The molecule has 0 bridgehead atoms. The number of alkyl halides is 3. The molecule has 0 fully saturated rings. The Morgan fingerprint density at radius 1 is 1.25 bits per heavy atom. The van der Waals surface area contributed by atoms with Gasteiger partial charge in [0.25, 0.3) is 0 Å². The van der Waals surface area contributed by atoms with Crippen molar-refractivity contribution in [1.82, 2.24) is 5.32 Å². The SMILES string of the molecule is CC(C)[C@@H](CO)NC(=O)Cc1ccc(C(F)(F)F)cc1. The van der Waals surface area contributed by atoms with Gasteiger partial charge in [0.2, 0.25) is 5.91 Å². The van der Waals surface area contributed by atoms with Crippen molar-refractivity contribution in [2.45, 2.75) is 32.5 Å². The van der Waals surface area contributed by atoms with Crippen LogP contribution >= 0.6 is 0 Å².